The number of quaternary nitrogens is 1. The van der Waals surface area contributed by atoms with Crippen LogP contribution in [-0.4, -0.2) is 57.5 Å². The van der Waals surface area contributed by atoms with Gasteiger partial charge in [-0.1, -0.05) is 6.92 Å². The molecule has 1 aromatic carbocycles. The molecule has 26 heavy (non-hydrogen) atoms. The molecule has 0 radical (unpaired) electrons. The number of nitrogens with one attached hydrogen (secondary N) is 1. The molecule has 3 N–H and O–H groups in total. The van der Waals surface area contributed by atoms with Gasteiger partial charge >= 0.3 is 0 Å². The summed E-state index contributed by atoms with van der Waals surface area (Å²) in [5.74, 6) is -0.956. The van der Waals surface area contributed by atoms with Crippen molar-refractivity contribution in [3.63, 3.8) is 0 Å². The lowest BCUT2D eigenvalue weighted by Crippen LogP contribution is -2.51. The first-order valence-electron chi connectivity index (χ1n) is 10.7. The first-order valence-corrected chi connectivity index (χ1v) is 9.85. The molecule has 0 bridgehead atoms. The molecule has 1 amide bonds. The molecule has 1 heterocycles. The van der Waals surface area contributed by atoms with Crippen LogP contribution in [0, 0.1) is 5.21 Å². The number of amides is 1. The van der Waals surface area contributed by atoms with Crippen molar-refractivity contribution in [1.82, 2.24) is 5.32 Å². The van der Waals surface area contributed by atoms with Gasteiger partial charge in [-0.05, 0) is 12.9 Å². The lowest BCUT2D eigenvalue weighted by Gasteiger charge is -2.43. The molecule has 9 heteroatoms. The number of nitrogens with two attached hydrogens (primary N) is 1. The molecular formula is C17H27N3O5S. The Labute approximate surface area is 161 Å². The van der Waals surface area contributed by atoms with Gasteiger partial charge in [0.05, 0.1) is 51.3 Å². The van der Waals surface area contributed by atoms with Crippen LogP contribution in [0.5, 0.6) is 5.75 Å². The second kappa shape index (κ2) is 7.81. The third kappa shape index (κ3) is 3.94. The van der Waals surface area contributed by atoms with Gasteiger partial charge < -0.3 is 25.6 Å². The molecule has 8 nitrogen and oxygen atoms in total. The van der Waals surface area contributed by atoms with Crippen molar-refractivity contribution in [3.8, 4) is 5.75 Å². The average molecular weight is 391 g/mol. The van der Waals surface area contributed by atoms with Gasteiger partial charge in [0, 0.05) is 23.0 Å². The van der Waals surface area contributed by atoms with E-state index < -0.39 is 39.8 Å². The fraction of sp³-hybridized carbons (Fsp3) is 0.588. The number of sulfone groups is 1. The highest BCUT2D eigenvalue weighted by Gasteiger charge is 2.33. The first kappa shape index (κ1) is 14.2. The minimum atomic E-state index is -3.72. The highest BCUT2D eigenvalue weighted by Crippen LogP contribution is 2.30. The van der Waals surface area contributed by atoms with Gasteiger partial charge in [0.2, 0.25) is 0 Å². The van der Waals surface area contributed by atoms with Crippen LogP contribution in [0.1, 0.15) is 43.8 Å². The fourth-order valence-corrected chi connectivity index (χ4v) is 4.03. The van der Waals surface area contributed by atoms with Gasteiger partial charge in [-0.25, -0.2) is 8.42 Å². The monoisotopic (exact) mass is 390 g/mol. The maximum absolute atomic E-state index is 13.2. The van der Waals surface area contributed by atoms with E-state index in [1.165, 1.54) is 20.1 Å². The third-order valence-corrected chi connectivity index (χ3v) is 6.38. The van der Waals surface area contributed by atoms with Crippen molar-refractivity contribution in [2.75, 3.05) is 38.2 Å². The summed E-state index contributed by atoms with van der Waals surface area (Å²) in [5, 5.41) is 15.7. The predicted molar refractivity (Wildman–Crippen MR) is 99.5 cm³/mol. The summed E-state index contributed by atoms with van der Waals surface area (Å²) >= 11 is 0. The Bertz CT molecular complexity index is 954. The minimum Gasteiger partial charge on any atom is -0.633 e. The number of nitrogens with zero attached hydrogens (tertiary/aromatic N) is 1. The summed E-state index contributed by atoms with van der Waals surface area (Å²) in [6.07, 6.45) is 0.539. The number of methoxy groups -OCH3 is 1. The second-order valence-corrected chi connectivity index (χ2v) is 8.38. The Hall–Kier alpha value is -1.84. The van der Waals surface area contributed by atoms with E-state index in [1.54, 1.807) is 0 Å². The van der Waals surface area contributed by atoms with E-state index in [0.717, 1.165) is 6.07 Å². The standard InChI is InChI=1S/C17H27N3O5S/c1-4-20(22)8-6-7-12(20)11-19-17(21)13-9-16(26(23,24)5-2)14(18)10-15(13)25-3/h9-10,12H,4-8,11,18H2,1-3H3,(H,19,21)/i1D3,4D2. The molecule has 146 valence electrons. The highest BCUT2D eigenvalue weighted by atomic mass is 32.2. The zero-order chi connectivity index (χ0) is 23.8. The predicted octanol–water partition coefficient (Wildman–Crippen LogP) is 1.30. The Kier molecular flexibility index (Phi) is 4.28. The summed E-state index contributed by atoms with van der Waals surface area (Å²) in [5.41, 5.74) is 5.60. The number of ether oxygens (including phenoxy) is 1. The summed E-state index contributed by atoms with van der Waals surface area (Å²) in [4.78, 5) is 12.5. The normalized spacial score (nSPS) is 26.9. The van der Waals surface area contributed by atoms with Gasteiger partial charge in [0.1, 0.15) is 11.8 Å². The maximum Gasteiger partial charge on any atom is 0.255 e. The topological polar surface area (TPSA) is 122 Å². The number of rotatable bonds is 7. The molecule has 2 rings (SSSR count). The lowest BCUT2D eigenvalue weighted by molar-refractivity contribution is -0.889. The van der Waals surface area contributed by atoms with E-state index in [-0.39, 0.29) is 47.2 Å². The number of hydrogen-bond acceptors (Lipinski definition) is 6. The summed E-state index contributed by atoms with van der Waals surface area (Å²) in [7, 11) is -2.44. The van der Waals surface area contributed by atoms with E-state index in [0.29, 0.717) is 6.42 Å². The van der Waals surface area contributed by atoms with Crippen LogP contribution in [0.3, 0.4) is 0 Å². The molecule has 0 aliphatic carbocycles. The lowest BCUT2D eigenvalue weighted by atomic mass is 10.1. The number of carbonyl (C=O) groups excluding carboxylic acids is 1. The van der Waals surface area contributed by atoms with Crippen molar-refractivity contribution < 1.29 is 29.4 Å². The number of hydrogen-bond donors (Lipinski definition) is 2. The number of hydroxylamine groups is 3. The summed E-state index contributed by atoms with van der Waals surface area (Å²) in [6.45, 7) is -5.26. The number of likely N-dealkylation sites (N-methyl/N-ethyl adjacent to an activating group) is 1. The Morgan fingerprint density at radius 1 is 1.58 bits per heavy atom. The quantitative estimate of drug-likeness (QED) is 0.411. The van der Waals surface area contributed by atoms with E-state index in [9.17, 15) is 18.4 Å². The molecule has 1 aliphatic rings. The van der Waals surface area contributed by atoms with Crippen LogP contribution < -0.4 is 15.8 Å². The van der Waals surface area contributed by atoms with Crippen molar-refractivity contribution in [3.05, 3.63) is 22.9 Å². The highest BCUT2D eigenvalue weighted by molar-refractivity contribution is 7.91. The second-order valence-electron chi connectivity index (χ2n) is 6.13. The van der Waals surface area contributed by atoms with Gasteiger partial charge in [-0.3, -0.25) is 4.79 Å². The summed E-state index contributed by atoms with van der Waals surface area (Å²) < 4.78 is 66.1. The number of anilines is 1. The first-order chi connectivity index (χ1) is 14.1. The molecule has 0 saturated carbocycles. The van der Waals surface area contributed by atoms with Crippen molar-refractivity contribution in [2.45, 2.75) is 37.6 Å². The van der Waals surface area contributed by atoms with E-state index in [4.69, 9.17) is 17.3 Å². The fourth-order valence-electron chi connectivity index (χ4n) is 3.00. The minimum absolute atomic E-state index is 0.0252. The molecule has 0 aromatic heterocycles. The van der Waals surface area contributed by atoms with Crippen molar-refractivity contribution >= 4 is 21.4 Å². The Balaban J connectivity index is 2.31. The SMILES string of the molecule is [2H]C([2H])([2H])C([2H])([2H])[N+]1([O-])CCCC1CNC(=O)c1cc(S(=O)(=O)CC)c(N)cc1OC. The van der Waals surface area contributed by atoms with E-state index >= 15 is 0 Å². The molecule has 1 fully saturated rings. The molecular weight excluding hydrogens is 358 g/mol. The number of likely N-dealkylation sites (tertiary alicyclic amines) is 1. The molecule has 1 saturated heterocycles. The van der Waals surface area contributed by atoms with Crippen molar-refractivity contribution in [2.24, 2.45) is 0 Å². The average Bonchev–Trinajstić information content (AvgIpc) is 3.06. The molecule has 0 spiro atoms. The van der Waals surface area contributed by atoms with Gasteiger partial charge in [-0.15, -0.1) is 0 Å². The van der Waals surface area contributed by atoms with Gasteiger partial charge in [0.15, 0.2) is 9.84 Å². The number of benzene rings is 1. The van der Waals surface area contributed by atoms with Crippen LogP contribution in [-0.2, 0) is 9.84 Å². The van der Waals surface area contributed by atoms with Gasteiger partial charge in [0.25, 0.3) is 5.91 Å². The Morgan fingerprint density at radius 3 is 2.92 bits per heavy atom. The molecule has 1 aromatic rings. The van der Waals surface area contributed by atoms with Crippen LogP contribution in [0.25, 0.3) is 0 Å². The van der Waals surface area contributed by atoms with E-state index in [1.807, 2.05) is 0 Å². The van der Waals surface area contributed by atoms with Crippen LogP contribution in [0.4, 0.5) is 5.69 Å². The zero-order valence-corrected chi connectivity index (χ0v) is 15.6. The van der Waals surface area contributed by atoms with Crippen LogP contribution in [0.2, 0.25) is 0 Å². The molecule has 2 atom stereocenters. The Morgan fingerprint density at radius 2 is 2.31 bits per heavy atom. The summed E-state index contributed by atoms with van der Waals surface area (Å²) in [6, 6.07) is 1.30. The molecule has 1 aliphatic heterocycles. The smallest absolute Gasteiger partial charge is 0.255 e. The van der Waals surface area contributed by atoms with Crippen LogP contribution >= 0.6 is 0 Å². The largest absolute Gasteiger partial charge is 0.633 e. The zero-order valence-electron chi connectivity index (χ0n) is 19.7. The maximum atomic E-state index is 13.2. The van der Waals surface area contributed by atoms with Crippen molar-refractivity contribution in [1.29, 1.82) is 0 Å². The van der Waals surface area contributed by atoms with E-state index in [2.05, 4.69) is 5.32 Å². The number of nitrogen functional groups attached to an aromatic ring is 1. The molecule has 2 unspecified atom stereocenters. The van der Waals surface area contributed by atoms with Crippen LogP contribution in [0.15, 0.2) is 17.0 Å². The third-order valence-electron chi connectivity index (χ3n) is 4.60. The van der Waals surface area contributed by atoms with Gasteiger partial charge in [-0.2, -0.15) is 0 Å². The number of carbonyl (C=O) groups is 1.